The topological polar surface area (TPSA) is 51.5 Å². The summed E-state index contributed by atoms with van der Waals surface area (Å²) >= 11 is 3.38. The van der Waals surface area contributed by atoms with E-state index in [-0.39, 0.29) is 24.3 Å². The lowest BCUT2D eigenvalue weighted by molar-refractivity contribution is 0.0907. The van der Waals surface area contributed by atoms with Gasteiger partial charge in [0.1, 0.15) is 18.1 Å². The Morgan fingerprint density at radius 2 is 1.80 bits per heavy atom. The van der Waals surface area contributed by atoms with E-state index in [1.807, 2.05) is 61.5 Å². The van der Waals surface area contributed by atoms with Gasteiger partial charge in [0, 0.05) is 4.47 Å². The number of hydrogen-bond acceptors (Lipinski definition) is 3. The molecule has 0 spiro atoms. The number of rotatable bonds is 6. The highest BCUT2D eigenvalue weighted by molar-refractivity contribution is 9.10. The van der Waals surface area contributed by atoms with Gasteiger partial charge >= 0.3 is 0 Å². The Morgan fingerprint density at radius 3 is 2.52 bits per heavy atom. The first-order valence-corrected chi connectivity index (χ1v) is 8.74. The van der Waals surface area contributed by atoms with Crippen LogP contribution < -0.4 is 10.1 Å². The molecule has 0 saturated heterocycles. The van der Waals surface area contributed by atoms with Gasteiger partial charge in [0.15, 0.2) is 5.76 Å². The number of carbonyl (C=O) groups is 1. The van der Waals surface area contributed by atoms with Crippen LogP contribution in [0.5, 0.6) is 5.75 Å². The van der Waals surface area contributed by atoms with E-state index in [1.165, 1.54) is 0 Å². The van der Waals surface area contributed by atoms with Gasteiger partial charge in [-0.25, -0.2) is 0 Å². The molecule has 1 unspecified atom stereocenters. The Balaban J connectivity index is 1.57. The SMILES string of the molecule is CC(NC(=O)c1ccc(COc2ccc(Br)cc2)o1)c1ccccc1. The predicted octanol–water partition coefficient (Wildman–Crippen LogP) is 5.11. The molecule has 0 bridgehead atoms. The van der Waals surface area contributed by atoms with E-state index in [2.05, 4.69) is 21.2 Å². The van der Waals surface area contributed by atoms with E-state index >= 15 is 0 Å². The summed E-state index contributed by atoms with van der Waals surface area (Å²) in [6.45, 7) is 2.21. The molecule has 1 N–H and O–H groups in total. The number of nitrogens with one attached hydrogen (secondary N) is 1. The van der Waals surface area contributed by atoms with Crippen LogP contribution in [0, 0.1) is 0 Å². The maximum absolute atomic E-state index is 12.3. The molecule has 2 aromatic carbocycles. The molecule has 4 nitrogen and oxygen atoms in total. The Hall–Kier alpha value is -2.53. The molecule has 1 aromatic heterocycles. The van der Waals surface area contributed by atoms with Crippen molar-refractivity contribution >= 4 is 21.8 Å². The van der Waals surface area contributed by atoms with Crippen LogP contribution in [0.4, 0.5) is 0 Å². The van der Waals surface area contributed by atoms with Crippen molar-refractivity contribution in [3.8, 4) is 5.75 Å². The average Bonchev–Trinajstić information content (AvgIpc) is 3.11. The Morgan fingerprint density at radius 1 is 1.08 bits per heavy atom. The van der Waals surface area contributed by atoms with E-state index in [1.54, 1.807) is 12.1 Å². The number of halogens is 1. The normalized spacial score (nSPS) is 11.8. The van der Waals surface area contributed by atoms with Crippen molar-refractivity contribution in [2.24, 2.45) is 0 Å². The van der Waals surface area contributed by atoms with Crippen molar-refractivity contribution in [2.75, 3.05) is 0 Å². The van der Waals surface area contributed by atoms with Gasteiger partial charge in [-0.05, 0) is 48.9 Å². The Kier molecular flexibility index (Phi) is 5.56. The van der Waals surface area contributed by atoms with E-state index in [4.69, 9.17) is 9.15 Å². The molecule has 0 aliphatic carbocycles. The number of benzene rings is 2. The molecule has 3 rings (SSSR count). The lowest BCUT2D eigenvalue weighted by Crippen LogP contribution is -2.26. The van der Waals surface area contributed by atoms with Gasteiger partial charge < -0.3 is 14.5 Å². The highest BCUT2D eigenvalue weighted by Gasteiger charge is 2.15. The number of furan rings is 1. The fourth-order valence-corrected chi connectivity index (χ4v) is 2.62. The van der Waals surface area contributed by atoms with Gasteiger partial charge in [0.25, 0.3) is 5.91 Å². The van der Waals surface area contributed by atoms with Crippen LogP contribution in [0.1, 0.15) is 34.8 Å². The molecule has 5 heteroatoms. The third-order valence-corrected chi connectivity index (χ3v) is 4.26. The maximum Gasteiger partial charge on any atom is 0.287 e. The molecule has 1 amide bonds. The van der Waals surface area contributed by atoms with E-state index in [0.717, 1.165) is 15.8 Å². The van der Waals surface area contributed by atoms with Crippen molar-refractivity contribution < 1.29 is 13.9 Å². The largest absolute Gasteiger partial charge is 0.486 e. The highest BCUT2D eigenvalue weighted by Crippen LogP contribution is 2.18. The van der Waals surface area contributed by atoms with Gasteiger partial charge in [-0.1, -0.05) is 46.3 Å². The molecule has 0 saturated carbocycles. The molecule has 1 heterocycles. The third-order valence-electron chi connectivity index (χ3n) is 3.73. The first-order valence-electron chi connectivity index (χ1n) is 7.95. The number of amides is 1. The molecule has 128 valence electrons. The third kappa shape index (κ3) is 4.73. The molecule has 0 aliphatic rings. The number of hydrogen-bond donors (Lipinski definition) is 1. The predicted molar refractivity (Wildman–Crippen MR) is 99.5 cm³/mol. The first-order chi connectivity index (χ1) is 12.1. The highest BCUT2D eigenvalue weighted by atomic mass is 79.9. The van der Waals surface area contributed by atoms with Crippen LogP contribution in [0.25, 0.3) is 0 Å². The molecular weight excluding hydrogens is 382 g/mol. The van der Waals surface area contributed by atoms with Crippen molar-refractivity contribution in [3.05, 3.63) is 88.3 Å². The number of carbonyl (C=O) groups excluding carboxylic acids is 1. The first kappa shape index (κ1) is 17.3. The van der Waals surface area contributed by atoms with Crippen molar-refractivity contribution in [1.82, 2.24) is 5.32 Å². The summed E-state index contributed by atoms with van der Waals surface area (Å²) in [6.07, 6.45) is 0. The molecule has 0 fully saturated rings. The summed E-state index contributed by atoms with van der Waals surface area (Å²) in [7, 11) is 0. The smallest absolute Gasteiger partial charge is 0.287 e. The second kappa shape index (κ2) is 8.03. The van der Waals surface area contributed by atoms with E-state index in [0.29, 0.717) is 5.76 Å². The van der Waals surface area contributed by atoms with Crippen LogP contribution in [0.2, 0.25) is 0 Å². The zero-order valence-corrected chi connectivity index (χ0v) is 15.3. The van der Waals surface area contributed by atoms with Crippen molar-refractivity contribution in [2.45, 2.75) is 19.6 Å². The molecule has 25 heavy (non-hydrogen) atoms. The average molecular weight is 400 g/mol. The van der Waals surface area contributed by atoms with Crippen molar-refractivity contribution in [3.63, 3.8) is 0 Å². The monoisotopic (exact) mass is 399 g/mol. The van der Waals surface area contributed by atoms with Crippen LogP contribution in [0.15, 0.2) is 75.6 Å². The minimum Gasteiger partial charge on any atom is -0.486 e. The lowest BCUT2D eigenvalue weighted by Gasteiger charge is -2.13. The van der Waals surface area contributed by atoms with E-state index in [9.17, 15) is 4.79 Å². The minimum absolute atomic E-state index is 0.0961. The summed E-state index contributed by atoms with van der Waals surface area (Å²) in [6, 6.07) is 20.6. The lowest BCUT2D eigenvalue weighted by atomic mass is 10.1. The molecule has 3 aromatic rings. The van der Waals surface area contributed by atoms with Crippen LogP contribution in [-0.2, 0) is 6.61 Å². The Labute approximate surface area is 154 Å². The second-order valence-corrected chi connectivity index (χ2v) is 6.53. The summed E-state index contributed by atoms with van der Waals surface area (Å²) in [5, 5.41) is 2.93. The molecule has 0 radical (unpaired) electrons. The fourth-order valence-electron chi connectivity index (χ4n) is 2.36. The zero-order valence-electron chi connectivity index (χ0n) is 13.7. The number of ether oxygens (including phenoxy) is 1. The van der Waals surface area contributed by atoms with Crippen LogP contribution in [-0.4, -0.2) is 5.91 Å². The molecule has 0 aliphatic heterocycles. The summed E-state index contributed by atoms with van der Waals surface area (Å²) in [5.74, 6) is 1.37. The van der Waals surface area contributed by atoms with Gasteiger partial charge in [0.05, 0.1) is 6.04 Å². The van der Waals surface area contributed by atoms with Crippen LogP contribution in [0.3, 0.4) is 0 Å². The van der Waals surface area contributed by atoms with Crippen LogP contribution >= 0.6 is 15.9 Å². The Bertz CT molecular complexity index is 828. The van der Waals surface area contributed by atoms with E-state index < -0.39 is 0 Å². The molecular formula is C20H18BrNO3. The standard InChI is InChI=1S/C20H18BrNO3/c1-14(15-5-3-2-4-6-15)22-20(23)19-12-11-18(25-19)13-24-17-9-7-16(21)8-10-17/h2-12,14H,13H2,1H3,(H,22,23). The second-order valence-electron chi connectivity index (χ2n) is 5.61. The quantitative estimate of drug-likeness (QED) is 0.626. The fraction of sp³-hybridized carbons (Fsp3) is 0.150. The van der Waals surface area contributed by atoms with Gasteiger partial charge in [-0.2, -0.15) is 0 Å². The van der Waals surface area contributed by atoms with Gasteiger partial charge in [-0.15, -0.1) is 0 Å². The zero-order chi connectivity index (χ0) is 17.6. The van der Waals surface area contributed by atoms with Gasteiger partial charge in [-0.3, -0.25) is 4.79 Å². The van der Waals surface area contributed by atoms with Crippen molar-refractivity contribution in [1.29, 1.82) is 0 Å². The minimum atomic E-state index is -0.244. The summed E-state index contributed by atoms with van der Waals surface area (Å²) in [5.41, 5.74) is 1.04. The summed E-state index contributed by atoms with van der Waals surface area (Å²) in [4.78, 5) is 12.3. The van der Waals surface area contributed by atoms with Gasteiger partial charge in [0.2, 0.25) is 0 Å². The maximum atomic E-state index is 12.3. The molecule has 1 atom stereocenters. The summed E-state index contributed by atoms with van der Waals surface area (Å²) < 4.78 is 12.2.